The molecule has 0 radical (unpaired) electrons. The zero-order chi connectivity index (χ0) is 14.0. The molecule has 2 aromatic rings. The van der Waals surface area contributed by atoms with Crippen molar-refractivity contribution >= 4 is 15.8 Å². The van der Waals surface area contributed by atoms with E-state index < -0.39 is 26.6 Å². The molecule has 9 heteroatoms. The lowest BCUT2D eigenvalue weighted by atomic mass is 10.3. The summed E-state index contributed by atoms with van der Waals surface area (Å²) in [6, 6.07) is 2.19. The molecule has 102 valence electrons. The molecule has 0 atom stereocenters. The number of aromatic amines is 1. The quantitative estimate of drug-likeness (QED) is 0.779. The van der Waals surface area contributed by atoms with Crippen LogP contribution in [0.15, 0.2) is 29.3 Å². The number of nitrogens with two attached hydrogens (primary N) is 1. The molecule has 1 aromatic carbocycles. The molecule has 0 unspecified atom stereocenters. The fraction of sp³-hybridized carbons (Fsp3) is 0.100. The van der Waals surface area contributed by atoms with Crippen LogP contribution in [0.5, 0.6) is 0 Å². The first-order chi connectivity index (χ1) is 8.94. The monoisotopic (exact) mass is 288 g/mol. The normalized spacial score (nSPS) is 11.5. The summed E-state index contributed by atoms with van der Waals surface area (Å²) >= 11 is 0. The van der Waals surface area contributed by atoms with Gasteiger partial charge in [0.1, 0.15) is 22.3 Å². The van der Waals surface area contributed by atoms with Crippen LogP contribution in [0.2, 0.25) is 0 Å². The van der Waals surface area contributed by atoms with Crippen molar-refractivity contribution in [3.8, 4) is 0 Å². The predicted octanol–water partition coefficient (Wildman–Crippen LogP) is 0.947. The van der Waals surface area contributed by atoms with E-state index in [1.165, 1.54) is 6.20 Å². The molecule has 1 aromatic heterocycles. The van der Waals surface area contributed by atoms with Crippen LogP contribution >= 0.6 is 0 Å². The molecule has 6 nitrogen and oxygen atoms in total. The highest BCUT2D eigenvalue weighted by Gasteiger charge is 2.21. The van der Waals surface area contributed by atoms with Crippen LogP contribution < -0.4 is 10.5 Å². The Hall–Kier alpha value is -2.00. The standard InChI is InChI=1S/C10H10F2N4O2S/c11-7-1-2-9(8(12)3-7)19(17,18)16-10-6(4-13)5-14-15-10/h1-3,5H,4,13H2,(H2,14,15,16). The topological polar surface area (TPSA) is 101 Å². The van der Waals surface area contributed by atoms with Gasteiger partial charge < -0.3 is 5.73 Å². The first kappa shape index (κ1) is 13.4. The highest BCUT2D eigenvalue weighted by atomic mass is 32.2. The summed E-state index contributed by atoms with van der Waals surface area (Å²) in [6.07, 6.45) is 1.35. The summed E-state index contributed by atoms with van der Waals surface area (Å²) < 4.78 is 52.2. The minimum atomic E-state index is -4.18. The Morgan fingerprint density at radius 3 is 2.74 bits per heavy atom. The highest BCUT2D eigenvalue weighted by molar-refractivity contribution is 7.92. The van der Waals surface area contributed by atoms with E-state index in [9.17, 15) is 17.2 Å². The number of nitrogens with zero attached hydrogens (tertiary/aromatic N) is 1. The largest absolute Gasteiger partial charge is 0.326 e. The van der Waals surface area contributed by atoms with Gasteiger partial charge in [0.15, 0.2) is 0 Å². The molecular formula is C10H10F2N4O2S. The third-order valence-corrected chi connectivity index (χ3v) is 3.74. The predicted molar refractivity (Wildman–Crippen MR) is 63.6 cm³/mol. The average molecular weight is 288 g/mol. The van der Waals surface area contributed by atoms with E-state index in [1.54, 1.807) is 0 Å². The van der Waals surface area contributed by atoms with Crippen molar-refractivity contribution in [3.05, 3.63) is 41.6 Å². The van der Waals surface area contributed by atoms with Gasteiger partial charge in [-0.05, 0) is 12.1 Å². The zero-order valence-electron chi connectivity index (χ0n) is 9.52. The maximum atomic E-state index is 13.4. The molecule has 0 amide bonds. The van der Waals surface area contributed by atoms with Gasteiger partial charge in [-0.15, -0.1) is 0 Å². The molecule has 2 rings (SSSR count). The molecule has 0 bridgehead atoms. The van der Waals surface area contributed by atoms with Crippen LogP contribution in [-0.2, 0) is 16.6 Å². The lowest BCUT2D eigenvalue weighted by Gasteiger charge is -2.08. The number of halogens is 2. The van der Waals surface area contributed by atoms with Crippen LogP contribution in [-0.4, -0.2) is 18.6 Å². The summed E-state index contributed by atoms with van der Waals surface area (Å²) in [5.74, 6) is -1.99. The van der Waals surface area contributed by atoms with E-state index in [0.717, 1.165) is 12.1 Å². The van der Waals surface area contributed by atoms with Gasteiger partial charge in [-0.2, -0.15) is 5.10 Å². The van der Waals surface area contributed by atoms with Gasteiger partial charge in [-0.1, -0.05) is 0 Å². The van der Waals surface area contributed by atoms with E-state index in [-0.39, 0.29) is 12.4 Å². The SMILES string of the molecule is NCc1cn[nH]c1NS(=O)(=O)c1ccc(F)cc1F. The molecule has 0 aliphatic heterocycles. The van der Waals surface area contributed by atoms with Crippen molar-refractivity contribution in [2.45, 2.75) is 11.4 Å². The van der Waals surface area contributed by atoms with Gasteiger partial charge in [0, 0.05) is 18.2 Å². The van der Waals surface area contributed by atoms with E-state index in [2.05, 4.69) is 14.9 Å². The molecule has 0 aliphatic carbocycles. The van der Waals surface area contributed by atoms with Crippen LogP contribution in [0.4, 0.5) is 14.6 Å². The van der Waals surface area contributed by atoms with Gasteiger partial charge in [0.25, 0.3) is 10.0 Å². The number of rotatable bonds is 4. The lowest BCUT2D eigenvalue weighted by Crippen LogP contribution is -2.16. The van der Waals surface area contributed by atoms with E-state index in [0.29, 0.717) is 11.6 Å². The minimum Gasteiger partial charge on any atom is -0.326 e. The highest BCUT2D eigenvalue weighted by Crippen LogP contribution is 2.20. The zero-order valence-corrected chi connectivity index (χ0v) is 10.3. The fourth-order valence-electron chi connectivity index (χ4n) is 1.44. The molecule has 0 saturated carbocycles. The Morgan fingerprint density at radius 2 is 2.11 bits per heavy atom. The van der Waals surface area contributed by atoms with Gasteiger partial charge in [0.2, 0.25) is 0 Å². The number of aromatic nitrogens is 2. The third-order valence-electron chi connectivity index (χ3n) is 2.36. The van der Waals surface area contributed by atoms with E-state index in [4.69, 9.17) is 5.73 Å². The summed E-state index contributed by atoms with van der Waals surface area (Å²) in [4.78, 5) is -0.661. The van der Waals surface area contributed by atoms with Crippen molar-refractivity contribution < 1.29 is 17.2 Å². The van der Waals surface area contributed by atoms with Gasteiger partial charge in [-0.25, -0.2) is 17.2 Å². The second kappa shape index (κ2) is 4.94. The average Bonchev–Trinajstić information content (AvgIpc) is 2.74. The van der Waals surface area contributed by atoms with Crippen molar-refractivity contribution in [1.29, 1.82) is 0 Å². The maximum Gasteiger partial charge on any atom is 0.265 e. The Kier molecular flexibility index (Phi) is 3.49. The molecular weight excluding hydrogens is 278 g/mol. The summed E-state index contributed by atoms with van der Waals surface area (Å²) in [7, 11) is -4.18. The van der Waals surface area contributed by atoms with Crippen molar-refractivity contribution in [2.24, 2.45) is 5.73 Å². The summed E-state index contributed by atoms with van der Waals surface area (Å²) in [6.45, 7) is 0.0558. The number of hydrogen-bond acceptors (Lipinski definition) is 4. The number of hydrogen-bond donors (Lipinski definition) is 3. The molecule has 1 heterocycles. The summed E-state index contributed by atoms with van der Waals surface area (Å²) in [5.41, 5.74) is 5.81. The van der Waals surface area contributed by atoms with E-state index >= 15 is 0 Å². The van der Waals surface area contributed by atoms with Crippen molar-refractivity contribution in [1.82, 2.24) is 10.2 Å². The van der Waals surface area contributed by atoms with Crippen molar-refractivity contribution in [2.75, 3.05) is 4.72 Å². The summed E-state index contributed by atoms with van der Waals surface area (Å²) in [5, 5.41) is 6.02. The Bertz CT molecular complexity index is 699. The molecule has 0 spiro atoms. The maximum absolute atomic E-state index is 13.4. The first-order valence-corrected chi connectivity index (χ1v) is 6.62. The van der Waals surface area contributed by atoms with Gasteiger partial charge in [0.05, 0.1) is 6.20 Å². The minimum absolute atomic E-state index is 0.0474. The fourth-order valence-corrected chi connectivity index (χ4v) is 2.55. The Balaban J connectivity index is 2.38. The number of benzene rings is 1. The third kappa shape index (κ3) is 2.71. The van der Waals surface area contributed by atoms with Gasteiger partial charge >= 0.3 is 0 Å². The Morgan fingerprint density at radius 1 is 1.37 bits per heavy atom. The molecule has 4 N–H and O–H groups in total. The van der Waals surface area contributed by atoms with Crippen LogP contribution in [0.3, 0.4) is 0 Å². The van der Waals surface area contributed by atoms with Crippen molar-refractivity contribution in [3.63, 3.8) is 0 Å². The smallest absolute Gasteiger partial charge is 0.265 e. The number of nitrogens with one attached hydrogen (secondary N) is 2. The first-order valence-electron chi connectivity index (χ1n) is 5.14. The van der Waals surface area contributed by atoms with Crippen LogP contribution in [0, 0.1) is 11.6 Å². The van der Waals surface area contributed by atoms with Crippen LogP contribution in [0.1, 0.15) is 5.56 Å². The molecule has 0 saturated heterocycles. The number of H-pyrrole nitrogens is 1. The Labute approximate surface area is 107 Å². The van der Waals surface area contributed by atoms with Crippen LogP contribution in [0.25, 0.3) is 0 Å². The molecule has 19 heavy (non-hydrogen) atoms. The lowest BCUT2D eigenvalue weighted by molar-refractivity contribution is 0.551. The van der Waals surface area contributed by atoms with Gasteiger partial charge in [-0.3, -0.25) is 9.82 Å². The second-order valence-corrected chi connectivity index (χ2v) is 5.31. The molecule has 0 aliphatic rings. The number of anilines is 1. The molecule has 0 fully saturated rings. The second-order valence-electron chi connectivity index (χ2n) is 3.65. The number of sulfonamides is 1. The van der Waals surface area contributed by atoms with E-state index in [1.807, 2.05) is 0 Å².